The van der Waals surface area contributed by atoms with E-state index in [0.29, 0.717) is 4.90 Å². The van der Waals surface area contributed by atoms with Gasteiger partial charge >= 0.3 is 0 Å². The Morgan fingerprint density at radius 1 is 1.30 bits per heavy atom. The molecule has 1 saturated heterocycles. The molecule has 0 radical (unpaired) electrons. The maximum absolute atomic E-state index is 7.76. The summed E-state index contributed by atoms with van der Waals surface area (Å²) in [5.41, 5.74) is -1.13. The summed E-state index contributed by atoms with van der Waals surface area (Å²) in [4.78, 5) is 0.552. The van der Waals surface area contributed by atoms with Crippen molar-refractivity contribution in [2.24, 2.45) is 0 Å². The third kappa shape index (κ3) is 1.96. The largest absolute Gasteiger partial charge is 0.379 e. The Hall–Kier alpha value is -0.0800. The number of nitrogens with zero attached hydrogens (tertiary/aromatic N) is 1. The van der Waals surface area contributed by atoms with E-state index in [2.05, 4.69) is 4.74 Å². The van der Waals surface area contributed by atoms with Crippen molar-refractivity contribution in [3.63, 3.8) is 0 Å². The Balaban J connectivity index is 3.48. The monoisotopic (exact) mass is 151 g/mol. The quantitative estimate of drug-likeness (QED) is 0.514. The topological polar surface area (TPSA) is 12.5 Å². The molecule has 0 aromatic carbocycles. The van der Waals surface area contributed by atoms with Gasteiger partial charge in [0.05, 0.1) is 18.6 Å². The Bertz CT molecular complexity index is 321. The van der Waals surface area contributed by atoms with Gasteiger partial charge in [-0.05, 0) is 20.8 Å². The van der Waals surface area contributed by atoms with Crippen LogP contribution in [-0.4, -0.2) is 36.6 Å². The van der Waals surface area contributed by atoms with Gasteiger partial charge < -0.3 is 4.74 Å². The zero-order chi connectivity index (χ0) is 14.8. The molecular formula is C8H17NO. The van der Waals surface area contributed by atoms with Crippen LogP contribution in [0.1, 0.15) is 31.7 Å². The van der Waals surface area contributed by atoms with Crippen molar-refractivity contribution in [1.29, 1.82) is 0 Å². The van der Waals surface area contributed by atoms with Gasteiger partial charge in [0.15, 0.2) is 0 Å². The minimum Gasteiger partial charge on any atom is -0.379 e. The number of hydrogen-bond donors (Lipinski definition) is 0. The molecule has 2 nitrogen and oxygen atoms in total. The summed E-state index contributed by atoms with van der Waals surface area (Å²) in [5.74, 6) is 0. The van der Waals surface area contributed by atoms with Gasteiger partial charge in [0.25, 0.3) is 0 Å². The third-order valence-electron chi connectivity index (χ3n) is 1.09. The summed E-state index contributed by atoms with van der Waals surface area (Å²) in [6, 6.07) is 0. The molecule has 0 aromatic heterocycles. The van der Waals surface area contributed by atoms with Gasteiger partial charge in [0.1, 0.15) is 0 Å². The molecule has 10 heavy (non-hydrogen) atoms. The summed E-state index contributed by atoms with van der Waals surface area (Å²) >= 11 is 0. The molecule has 60 valence electrons. The molecule has 0 aliphatic carbocycles. The van der Waals surface area contributed by atoms with Crippen molar-refractivity contribution in [1.82, 2.24) is 4.90 Å². The number of ether oxygens (including phenoxy) is 1. The SMILES string of the molecule is [2H]C1([2H])OC([2H])([2H])C([2H])([2H])N(C(C)(C)C)C1([2H])[2H]. The molecule has 0 spiro atoms. The van der Waals surface area contributed by atoms with E-state index in [-0.39, 0.29) is 0 Å². The Morgan fingerprint density at radius 3 is 2.20 bits per heavy atom. The Morgan fingerprint density at radius 2 is 1.80 bits per heavy atom. The van der Waals surface area contributed by atoms with Crippen molar-refractivity contribution in [2.45, 2.75) is 26.3 Å². The summed E-state index contributed by atoms with van der Waals surface area (Å²) < 4.78 is 65.4. The summed E-state index contributed by atoms with van der Waals surface area (Å²) in [6.07, 6.45) is 0. The van der Waals surface area contributed by atoms with Crippen LogP contribution in [0.5, 0.6) is 0 Å². The van der Waals surface area contributed by atoms with Crippen LogP contribution in [0.25, 0.3) is 0 Å². The minimum atomic E-state index is -2.96. The highest BCUT2D eigenvalue weighted by Gasteiger charge is 2.22. The number of morpholine rings is 1. The van der Waals surface area contributed by atoms with Crippen LogP contribution >= 0.6 is 0 Å². The average molecular weight is 151 g/mol. The molecule has 1 rings (SSSR count). The maximum Gasteiger partial charge on any atom is 0.0594 e. The number of hydrogen-bond acceptors (Lipinski definition) is 2. The maximum atomic E-state index is 7.76. The van der Waals surface area contributed by atoms with Crippen LogP contribution < -0.4 is 0 Å². The molecule has 0 bridgehead atoms. The lowest BCUT2D eigenvalue weighted by Gasteiger charge is -2.38. The van der Waals surface area contributed by atoms with E-state index in [1.165, 1.54) is 20.8 Å². The highest BCUT2D eigenvalue weighted by atomic mass is 16.5. The predicted octanol–water partition coefficient (Wildman–Crippen LogP) is 1.12. The lowest BCUT2D eigenvalue weighted by molar-refractivity contribution is -0.00389. The molecule has 0 N–H and O–H groups in total. The zero-order valence-electron chi connectivity index (χ0n) is 14.4. The Labute approximate surface area is 74.4 Å². The molecule has 0 unspecified atom stereocenters. The average Bonchev–Trinajstić information content (AvgIpc) is 1.93. The standard InChI is InChI=1S/C8H17NO/c1-8(2,3)9-4-6-10-7-5-9/h4-7H2,1-3H3/i4D2,5D2,6D2,7D2. The lowest BCUT2D eigenvalue weighted by Crippen LogP contribution is -2.47. The van der Waals surface area contributed by atoms with E-state index >= 15 is 0 Å². The number of rotatable bonds is 0. The van der Waals surface area contributed by atoms with E-state index in [1.807, 2.05) is 0 Å². The van der Waals surface area contributed by atoms with Crippen molar-refractivity contribution < 1.29 is 15.7 Å². The summed E-state index contributed by atoms with van der Waals surface area (Å²) in [5, 5.41) is 0. The third-order valence-corrected chi connectivity index (χ3v) is 1.09. The van der Waals surface area contributed by atoms with Crippen LogP contribution in [0.2, 0.25) is 0 Å². The molecule has 0 aromatic rings. The predicted molar refractivity (Wildman–Crippen MR) is 42.1 cm³/mol. The van der Waals surface area contributed by atoms with E-state index in [1.54, 1.807) is 0 Å². The first-order valence-electron chi connectivity index (χ1n) is 7.08. The van der Waals surface area contributed by atoms with Gasteiger partial charge in [0.2, 0.25) is 0 Å². The molecule has 2 heteroatoms. The molecule has 0 saturated carbocycles. The van der Waals surface area contributed by atoms with Crippen LogP contribution in [0.3, 0.4) is 0 Å². The zero-order valence-corrected chi connectivity index (χ0v) is 6.36. The highest BCUT2D eigenvalue weighted by molar-refractivity contribution is 4.77. The normalized spacial score (nSPS) is 55.1. The fourth-order valence-corrected chi connectivity index (χ4v) is 0.526. The summed E-state index contributed by atoms with van der Waals surface area (Å²) in [6.45, 7) is -7.08. The Kier molecular flexibility index (Phi) is 0.710. The van der Waals surface area contributed by atoms with Crippen molar-refractivity contribution >= 4 is 0 Å². The smallest absolute Gasteiger partial charge is 0.0594 e. The van der Waals surface area contributed by atoms with E-state index < -0.39 is 31.7 Å². The highest BCUT2D eigenvalue weighted by Crippen LogP contribution is 2.13. The molecule has 1 heterocycles. The van der Waals surface area contributed by atoms with E-state index in [9.17, 15) is 0 Å². The second-order valence-corrected chi connectivity index (χ2v) is 3.04. The van der Waals surface area contributed by atoms with Crippen molar-refractivity contribution in [2.75, 3.05) is 26.1 Å². The van der Waals surface area contributed by atoms with E-state index in [4.69, 9.17) is 11.0 Å². The first kappa shape index (κ1) is 2.46. The summed E-state index contributed by atoms with van der Waals surface area (Å²) in [7, 11) is 0. The van der Waals surface area contributed by atoms with Gasteiger partial charge in [-0.25, -0.2) is 0 Å². The fourth-order valence-electron chi connectivity index (χ4n) is 0.526. The van der Waals surface area contributed by atoms with Gasteiger partial charge in [-0.15, -0.1) is 0 Å². The van der Waals surface area contributed by atoms with Gasteiger partial charge in [-0.3, -0.25) is 4.90 Å². The first-order chi connectivity index (χ1) is 7.57. The second-order valence-electron chi connectivity index (χ2n) is 3.04. The first-order valence-corrected chi connectivity index (χ1v) is 3.08. The fraction of sp³-hybridized carbons (Fsp3) is 1.00. The van der Waals surface area contributed by atoms with Gasteiger partial charge in [-0.2, -0.15) is 0 Å². The van der Waals surface area contributed by atoms with Gasteiger partial charge in [0, 0.05) is 24.0 Å². The van der Waals surface area contributed by atoms with Crippen LogP contribution in [-0.2, 0) is 4.74 Å². The van der Waals surface area contributed by atoms with Crippen molar-refractivity contribution in [3.8, 4) is 0 Å². The molecule has 0 amide bonds. The second kappa shape index (κ2) is 2.89. The molecule has 0 atom stereocenters. The molecular weight excluding hydrogens is 126 g/mol. The van der Waals surface area contributed by atoms with Crippen LogP contribution in [0.4, 0.5) is 0 Å². The molecule has 1 aliphatic heterocycles. The minimum absolute atomic E-state index is 0.552. The van der Waals surface area contributed by atoms with Crippen LogP contribution in [0, 0.1) is 0 Å². The van der Waals surface area contributed by atoms with E-state index in [0.717, 1.165) is 0 Å². The van der Waals surface area contributed by atoms with Crippen LogP contribution in [0.15, 0.2) is 0 Å². The van der Waals surface area contributed by atoms with Gasteiger partial charge in [-0.1, -0.05) is 0 Å². The molecule has 1 fully saturated rings. The van der Waals surface area contributed by atoms with Crippen molar-refractivity contribution in [3.05, 3.63) is 0 Å². The molecule has 1 aliphatic rings. The lowest BCUT2D eigenvalue weighted by atomic mass is 10.1.